The van der Waals surface area contributed by atoms with E-state index in [-0.39, 0.29) is 24.4 Å². The molecule has 0 aliphatic rings. The summed E-state index contributed by atoms with van der Waals surface area (Å²) < 4.78 is 26.1. The molecule has 1 aromatic carbocycles. The van der Waals surface area contributed by atoms with Gasteiger partial charge in [-0.3, -0.25) is 4.79 Å². The number of nitrogens with zero attached hydrogens (tertiary/aromatic N) is 1. The van der Waals surface area contributed by atoms with Crippen molar-refractivity contribution in [1.29, 1.82) is 5.26 Å². The van der Waals surface area contributed by atoms with E-state index in [4.69, 9.17) is 5.26 Å². The Labute approximate surface area is 129 Å². The number of nitriles is 1. The van der Waals surface area contributed by atoms with Gasteiger partial charge in [-0.2, -0.15) is 5.26 Å². The number of carbonyl (C=O) groups is 1. The standard InChI is InChI=1S/C16H21F2N3O/c1-10(2)16(4,9-19)21-15(22)8-20-11(3)12-5-6-13(17)14(18)7-12/h5-7,10-11,20H,8H2,1-4H3,(H,21,22)/t11-,16-/m1/s1. The van der Waals surface area contributed by atoms with Gasteiger partial charge in [0.2, 0.25) is 5.91 Å². The van der Waals surface area contributed by atoms with E-state index in [9.17, 15) is 13.6 Å². The highest BCUT2D eigenvalue weighted by Gasteiger charge is 2.29. The van der Waals surface area contributed by atoms with Gasteiger partial charge in [0.05, 0.1) is 12.6 Å². The molecular formula is C16H21F2N3O. The van der Waals surface area contributed by atoms with Gasteiger partial charge in [0.15, 0.2) is 11.6 Å². The second-order valence-electron chi connectivity index (χ2n) is 5.79. The summed E-state index contributed by atoms with van der Waals surface area (Å²) in [4.78, 5) is 11.9. The molecule has 0 fully saturated rings. The fraction of sp³-hybridized carbons (Fsp3) is 0.500. The van der Waals surface area contributed by atoms with E-state index in [2.05, 4.69) is 16.7 Å². The number of amides is 1. The Morgan fingerprint density at radius 3 is 2.45 bits per heavy atom. The van der Waals surface area contributed by atoms with Crippen LogP contribution in [0.3, 0.4) is 0 Å². The summed E-state index contributed by atoms with van der Waals surface area (Å²) in [6.45, 7) is 7.08. The normalized spacial score (nSPS) is 15.0. The highest BCUT2D eigenvalue weighted by molar-refractivity contribution is 5.79. The first-order chi connectivity index (χ1) is 10.2. The van der Waals surface area contributed by atoms with Crippen molar-refractivity contribution < 1.29 is 13.6 Å². The van der Waals surface area contributed by atoms with Crippen molar-refractivity contribution in [3.05, 3.63) is 35.4 Å². The maximum Gasteiger partial charge on any atom is 0.235 e. The summed E-state index contributed by atoms with van der Waals surface area (Å²) >= 11 is 0. The summed E-state index contributed by atoms with van der Waals surface area (Å²) in [7, 11) is 0. The van der Waals surface area contributed by atoms with E-state index in [0.717, 1.165) is 12.1 Å². The van der Waals surface area contributed by atoms with Crippen molar-refractivity contribution in [3.8, 4) is 6.07 Å². The van der Waals surface area contributed by atoms with E-state index < -0.39 is 17.2 Å². The van der Waals surface area contributed by atoms with E-state index in [0.29, 0.717) is 5.56 Å². The van der Waals surface area contributed by atoms with Gasteiger partial charge in [-0.15, -0.1) is 0 Å². The number of halogens is 2. The summed E-state index contributed by atoms with van der Waals surface area (Å²) in [6.07, 6.45) is 0. The highest BCUT2D eigenvalue weighted by Crippen LogP contribution is 2.16. The van der Waals surface area contributed by atoms with Gasteiger partial charge in [-0.05, 0) is 37.5 Å². The molecule has 0 aliphatic heterocycles. The zero-order chi connectivity index (χ0) is 16.9. The van der Waals surface area contributed by atoms with Gasteiger partial charge in [0.1, 0.15) is 5.54 Å². The predicted octanol–water partition coefficient (Wildman–Crippen LogP) is 2.67. The molecular weight excluding hydrogens is 288 g/mol. The van der Waals surface area contributed by atoms with Gasteiger partial charge in [-0.25, -0.2) is 8.78 Å². The average Bonchev–Trinajstić information content (AvgIpc) is 2.47. The quantitative estimate of drug-likeness (QED) is 0.849. The molecule has 1 amide bonds. The molecule has 2 N–H and O–H groups in total. The minimum atomic E-state index is -0.940. The second-order valence-corrected chi connectivity index (χ2v) is 5.79. The molecule has 0 saturated carbocycles. The van der Waals surface area contributed by atoms with Crippen molar-refractivity contribution in [2.45, 2.75) is 39.3 Å². The predicted molar refractivity (Wildman–Crippen MR) is 79.8 cm³/mol. The first-order valence-electron chi connectivity index (χ1n) is 7.10. The molecule has 1 rings (SSSR count). The van der Waals surface area contributed by atoms with Crippen molar-refractivity contribution in [1.82, 2.24) is 10.6 Å². The van der Waals surface area contributed by atoms with Crippen LogP contribution in [0.25, 0.3) is 0 Å². The van der Waals surface area contributed by atoms with Crippen molar-refractivity contribution in [2.24, 2.45) is 5.92 Å². The van der Waals surface area contributed by atoms with Crippen LogP contribution in [-0.2, 0) is 4.79 Å². The maximum absolute atomic E-state index is 13.2. The van der Waals surface area contributed by atoms with Crippen LogP contribution in [0.15, 0.2) is 18.2 Å². The van der Waals surface area contributed by atoms with E-state index in [1.807, 2.05) is 13.8 Å². The molecule has 0 aliphatic carbocycles. The molecule has 0 heterocycles. The van der Waals surface area contributed by atoms with E-state index in [1.165, 1.54) is 6.07 Å². The molecule has 0 bridgehead atoms. The highest BCUT2D eigenvalue weighted by atomic mass is 19.2. The molecule has 4 nitrogen and oxygen atoms in total. The fourth-order valence-corrected chi connectivity index (χ4v) is 1.78. The molecule has 0 aromatic heterocycles. The summed E-state index contributed by atoms with van der Waals surface area (Å²) in [5, 5.41) is 14.7. The number of rotatable bonds is 6. The lowest BCUT2D eigenvalue weighted by atomic mass is 9.90. The third kappa shape index (κ3) is 4.50. The number of benzene rings is 1. The number of hydrogen-bond donors (Lipinski definition) is 2. The lowest BCUT2D eigenvalue weighted by molar-refractivity contribution is -0.122. The van der Waals surface area contributed by atoms with E-state index >= 15 is 0 Å². The average molecular weight is 309 g/mol. The Morgan fingerprint density at radius 2 is 1.95 bits per heavy atom. The molecule has 22 heavy (non-hydrogen) atoms. The molecule has 0 radical (unpaired) electrons. The molecule has 0 saturated heterocycles. The molecule has 0 unspecified atom stereocenters. The van der Waals surface area contributed by atoms with Crippen LogP contribution in [0.4, 0.5) is 8.78 Å². The summed E-state index contributed by atoms with van der Waals surface area (Å²) in [5.41, 5.74) is -0.400. The third-order valence-electron chi connectivity index (χ3n) is 3.80. The molecule has 6 heteroatoms. The van der Waals surface area contributed by atoms with Crippen LogP contribution >= 0.6 is 0 Å². The van der Waals surface area contributed by atoms with Gasteiger partial charge >= 0.3 is 0 Å². The van der Waals surface area contributed by atoms with Crippen molar-refractivity contribution in [2.75, 3.05) is 6.54 Å². The largest absolute Gasteiger partial charge is 0.337 e. The molecule has 120 valence electrons. The first kappa shape index (κ1) is 18.1. The maximum atomic E-state index is 13.2. The number of hydrogen-bond acceptors (Lipinski definition) is 3. The molecule has 2 atom stereocenters. The Bertz CT molecular complexity index is 583. The SMILES string of the molecule is CC(C)[C@@](C)(C#N)NC(=O)CN[C@H](C)c1ccc(F)c(F)c1. The molecule has 0 spiro atoms. The minimum absolute atomic E-state index is 0.0237. The minimum Gasteiger partial charge on any atom is -0.337 e. The smallest absolute Gasteiger partial charge is 0.235 e. The monoisotopic (exact) mass is 309 g/mol. The lowest BCUT2D eigenvalue weighted by Crippen LogP contribution is -2.51. The fourth-order valence-electron chi connectivity index (χ4n) is 1.78. The van der Waals surface area contributed by atoms with Crippen LogP contribution in [-0.4, -0.2) is 18.0 Å². The summed E-state index contributed by atoms with van der Waals surface area (Å²) in [5.74, 6) is -2.19. The Hall–Kier alpha value is -2.00. The molecule has 1 aromatic rings. The Morgan fingerprint density at radius 1 is 1.32 bits per heavy atom. The van der Waals surface area contributed by atoms with Crippen LogP contribution in [0.1, 0.15) is 39.3 Å². The Balaban J connectivity index is 2.60. The van der Waals surface area contributed by atoms with Crippen molar-refractivity contribution in [3.63, 3.8) is 0 Å². The van der Waals surface area contributed by atoms with E-state index in [1.54, 1.807) is 13.8 Å². The van der Waals surface area contributed by atoms with Gasteiger partial charge in [-0.1, -0.05) is 19.9 Å². The van der Waals surface area contributed by atoms with Crippen LogP contribution in [0, 0.1) is 28.9 Å². The van der Waals surface area contributed by atoms with Crippen LogP contribution < -0.4 is 10.6 Å². The first-order valence-corrected chi connectivity index (χ1v) is 7.10. The van der Waals surface area contributed by atoms with Crippen molar-refractivity contribution >= 4 is 5.91 Å². The third-order valence-corrected chi connectivity index (χ3v) is 3.80. The van der Waals surface area contributed by atoms with Gasteiger partial charge < -0.3 is 10.6 Å². The Kier molecular flexibility index (Phi) is 6.01. The van der Waals surface area contributed by atoms with Gasteiger partial charge in [0.25, 0.3) is 0 Å². The zero-order valence-electron chi connectivity index (χ0n) is 13.2. The lowest BCUT2D eigenvalue weighted by Gasteiger charge is -2.27. The van der Waals surface area contributed by atoms with Crippen LogP contribution in [0.2, 0.25) is 0 Å². The zero-order valence-corrected chi connectivity index (χ0v) is 13.2. The second kappa shape index (κ2) is 7.32. The number of nitrogens with one attached hydrogen (secondary N) is 2. The number of carbonyl (C=O) groups excluding carboxylic acids is 1. The topological polar surface area (TPSA) is 64.9 Å². The van der Waals surface area contributed by atoms with Gasteiger partial charge in [0, 0.05) is 6.04 Å². The summed E-state index contributed by atoms with van der Waals surface area (Å²) in [6, 6.07) is 5.37. The van der Waals surface area contributed by atoms with Crippen LogP contribution in [0.5, 0.6) is 0 Å².